The summed E-state index contributed by atoms with van der Waals surface area (Å²) in [4.78, 5) is 0. The number of rotatable bonds is 1. The van der Waals surface area contributed by atoms with Crippen LogP contribution in [0.1, 0.15) is 0 Å². The summed E-state index contributed by atoms with van der Waals surface area (Å²) in [6, 6.07) is 2.91. The molecule has 0 atom stereocenters. The SMILES string of the molecule is COc1cc(O)c2sccc2c1F. The summed E-state index contributed by atoms with van der Waals surface area (Å²) in [5.74, 6) is -0.289. The molecule has 0 saturated carbocycles. The first-order valence-corrected chi connectivity index (χ1v) is 4.54. The monoisotopic (exact) mass is 198 g/mol. The van der Waals surface area contributed by atoms with Gasteiger partial charge in [0.25, 0.3) is 0 Å². The van der Waals surface area contributed by atoms with Crippen molar-refractivity contribution in [2.24, 2.45) is 0 Å². The van der Waals surface area contributed by atoms with Crippen LogP contribution in [-0.4, -0.2) is 12.2 Å². The van der Waals surface area contributed by atoms with Crippen LogP contribution < -0.4 is 4.74 Å². The minimum atomic E-state index is -0.420. The van der Waals surface area contributed by atoms with E-state index >= 15 is 0 Å². The van der Waals surface area contributed by atoms with Gasteiger partial charge in [-0.3, -0.25) is 0 Å². The predicted molar refractivity (Wildman–Crippen MR) is 50.0 cm³/mol. The van der Waals surface area contributed by atoms with Crippen LogP contribution in [0, 0.1) is 5.82 Å². The molecule has 0 radical (unpaired) electrons. The third-order valence-electron chi connectivity index (χ3n) is 1.84. The summed E-state index contributed by atoms with van der Waals surface area (Å²) in [5, 5.41) is 11.6. The smallest absolute Gasteiger partial charge is 0.173 e. The largest absolute Gasteiger partial charge is 0.506 e. The summed E-state index contributed by atoms with van der Waals surface area (Å²) in [5.41, 5.74) is 0. The zero-order valence-electron chi connectivity index (χ0n) is 6.87. The van der Waals surface area contributed by atoms with Crippen molar-refractivity contribution in [1.29, 1.82) is 0 Å². The lowest BCUT2D eigenvalue weighted by atomic mass is 10.2. The van der Waals surface area contributed by atoms with Gasteiger partial charge < -0.3 is 9.84 Å². The van der Waals surface area contributed by atoms with Gasteiger partial charge in [-0.05, 0) is 11.4 Å². The van der Waals surface area contributed by atoms with Crippen LogP contribution >= 0.6 is 11.3 Å². The summed E-state index contributed by atoms with van der Waals surface area (Å²) in [7, 11) is 1.37. The highest BCUT2D eigenvalue weighted by atomic mass is 32.1. The molecule has 2 rings (SSSR count). The Kier molecular flexibility index (Phi) is 1.84. The molecule has 13 heavy (non-hydrogen) atoms. The van der Waals surface area contributed by atoms with Crippen LogP contribution in [0.2, 0.25) is 0 Å². The molecule has 68 valence electrons. The Hall–Kier alpha value is -1.29. The second-order valence-electron chi connectivity index (χ2n) is 2.58. The van der Waals surface area contributed by atoms with Crippen molar-refractivity contribution >= 4 is 21.4 Å². The van der Waals surface area contributed by atoms with Crippen LogP contribution in [-0.2, 0) is 0 Å². The highest BCUT2D eigenvalue weighted by Gasteiger charge is 2.12. The minimum Gasteiger partial charge on any atom is -0.506 e. The molecule has 0 bridgehead atoms. The Bertz CT molecular complexity index is 450. The summed E-state index contributed by atoms with van der Waals surface area (Å²) < 4.78 is 18.8. The van der Waals surface area contributed by atoms with E-state index in [-0.39, 0.29) is 11.5 Å². The Morgan fingerprint density at radius 1 is 1.54 bits per heavy atom. The van der Waals surface area contributed by atoms with Crippen LogP contribution in [0.15, 0.2) is 17.5 Å². The van der Waals surface area contributed by atoms with Crippen LogP contribution in [0.25, 0.3) is 10.1 Å². The minimum absolute atomic E-state index is 0.0586. The Morgan fingerprint density at radius 2 is 2.31 bits per heavy atom. The zero-order chi connectivity index (χ0) is 9.42. The van der Waals surface area contributed by atoms with E-state index in [9.17, 15) is 9.50 Å². The average molecular weight is 198 g/mol. The predicted octanol–water partition coefficient (Wildman–Crippen LogP) is 2.75. The second kappa shape index (κ2) is 2.88. The number of methoxy groups -OCH3 is 1. The number of hydrogen-bond acceptors (Lipinski definition) is 3. The summed E-state index contributed by atoms with van der Waals surface area (Å²) in [6.45, 7) is 0. The number of halogens is 1. The molecule has 0 unspecified atom stereocenters. The second-order valence-corrected chi connectivity index (χ2v) is 3.49. The van der Waals surface area contributed by atoms with E-state index in [0.717, 1.165) is 0 Å². The lowest BCUT2D eigenvalue weighted by Crippen LogP contribution is -1.87. The van der Waals surface area contributed by atoms with Gasteiger partial charge in [0.2, 0.25) is 0 Å². The maximum absolute atomic E-state index is 13.5. The van der Waals surface area contributed by atoms with Gasteiger partial charge in [-0.2, -0.15) is 0 Å². The number of phenolic OH excluding ortho intramolecular Hbond substituents is 1. The molecular weight excluding hydrogens is 191 g/mol. The van der Waals surface area contributed by atoms with E-state index in [1.54, 1.807) is 11.4 Å². The van der Waals surface area contributed by atoms with Crippen LogP contribution in [0.4, 0.5) is 4.39 Å². The molecule has 1 N–H and O–H groups in total. The number of ether oxygens (including phenoxy) is 1. The van der Waals surface area contributed by atoms with Crippen molar-refractivity contribution in [2.45, 2.75) is 0 Å². The van der Waals surface area contributed by atoms with E-state index in [1.165, 1.54) is 24.5 Å². The lowest BCUT2D eigenvalue weighted by molar-refractivity contribution is 0.384. The number of phenols is 1. The third-order valence-corrected chi connectivity index (χ3v) is 2.78. The number of aromatic hydroxyl groups is 1. The van der Waals surface area contributed by atoms with E-state index < -0.39 is 5.82 Å². The van der Waals surface area contributed by atoms with E-state index in [1.807, 2.05) is 0 Å². The quantitative estimate of drug-likeness (QED) is 0.763. The Morgan fingerprint density at radius 3 is 3.00 bits per heavy atom. The van der Waals surface area contributed by atoms with Gasteiger partial charge in [-0.1, -0.05) is 0 Å². The molecule has 1 aromatic carbocycles. The highest BCUT2D eigenvalue weighted by molar-refractivity contribution is 7.17. The normalized spacial score (nSPS) is 10.6. The molecule has 2 nitrogen and oxygen atoms in total. The molecule has 1 aromatic heterocycles. The average Bonchev–Trinajstić information content (AvgIpc) is 2.60. The lowest BCUT2D eigenvalue weighted by Gasteiger charge is -2.03. The van der Waals surface area contributed by atoms with Gasteiger partial charge in [-0.25, -0.2) is 4.39 Å². The topological polar surface area (TPSA) is 29.5 Å². The van der Waals surface area contributed by atoms with Crippen molar-refractivity contribution in [3.05, 3.63) is 23.3 Å². The molecule has 2 aromatic rings. The maximum Gasteiger partial charge on any atom is 0.173 e. The van der Waals surface area contributed by atoms with Crippen LogP contribution in [0.3, 0.4) is 0 Å². The molecule has 0 saturated heterocycles. The van der Waals surface area contributed by atoms with E-state index in [0.29, 0.717) is 10.1 Å². The highest BCUT2D eigenvalue weighted by Crippen LogP contribution is 2.36. The molecular formula is C9H7FO2S. The molecule has 0 spiro atoms. The first kappa shape index (κ1) is 8.31. The van der Waals surface area contributed by atoms with E-state index in [4.69, 9.17) is 4.74 Å². The van der Waals surface area contributed by atoms with Gasteiger partial charge in [-0.15, -0.1) is 11.3 Å². The number of hydrogen-bond donors (Lipinski definition) is 1. The van der Waals surface area contributed by atoms with Crippen molar-refractivity contribution in [2.75, 3.05) is 7.11 Å². The van der Waals surface area contributed by atoms with Gasteiger partial charge >= 0.3 is 0 Å². The fourth-order valence-corrected chi connectivity index (χ4v) is 2.02. The molecule has 0 fully saturated rings. The number of fused-ring (bicyclic) bond motifs is 1. The number of thiophene rings is 1. The summed E-state index contributed by atoms with van der Waals surface area (Å²) in [6.07, 6.45) is 0. The molecule has 0 amide bonds. The maximum atomic E-state index is 13.5. The van der Waals surface area contributed by atoms with Gasteiger partial charge in [0, 0.05) is 11.5 Å². The van der Waals surface area contributed by atoms with Crippen molar-refractivity contribution in [1.82, 2.24) is 0 Å². The fourth-order valence-electron chi connectivity index (χ4n) is 1.21. The first-order valence-electron chi connectivity index (χ1n) is 3.66. The molecule has 0 aliphatic rings. The molecule has 4 heteroatoms. The van der Waals surface area contributed by atoms with Crippen LogP contribution in [0.5, 0.6) is 11.5 Å². The first-order chi connectivity index (χ1) is 6.24. The van der Waals surface area contributed by atoms with Gasteiger partial charge in [0.15, 0.2) is 11.6 Å². The van der Waals surface area contributed by atoms with Gasteiger partial charge in [0.05, 0.1) is 11.8 Å². The summed E-state index contributed by atoms with van der Waals surface area (Å²) >= 11 is 1.30. The van der Waals surface area contributed by atoms with E-state index in [2.05, 4.69) is 0 Å². The molecule has 0 aliphatic heterocycles. The Labute approximate surface area is 78.2 Å². The Balaban J connectivity index is 2.85. The van der Waals surface area contributed by atoms with Crippen molar-refractivity contribution < 1.29 is 14.2 Å². The number of benzene rings is 1. The van der Waals surface area contributed by atoms with Gasteiger partial charge in [0.1, 0.15) is 5.75 Å². The van der Waals surface area contributed by atoms with Crippen molar-refractivity contribution in [3.63, 3.8) is 0 Å². The van der Waals surface area contributed by atoms with Crippen molar-refractivity contribution in [3.8, 4) is 11.5 Å². The standard InChI is InChI=1S/C9H7FO2S/c1-12-7-4-6(11)9-5(8(7)10)2-3-13-9/h2-4,11H,1H3. The fraction of sp³-hybridized carbons (Fsp3) is 0.111. The molecule has 1 heterocycles. The third kappa shape index (κ3) is 1.14. The zero-order valence-corrected chi connectivity index (χ0v) is 7.69. The molecule has 0 aliphatic carbocycles.